The summed E-state index contributed by atoms with van der Waals surface area (Å²) in [5.41, 5.74) is 3.00. The van der Waals surface area contributed by atoms with Crippen LogP contribution in [0.15, 0.2) is 28.8 Å². The van der Waals surface area contributed by atoms with Crippen molar-refractivity contribution in [3.8, 4) is 0 Å². The molecule has 0 amide bonds. The van der Waals surface area contributed by atoms with Crippen LogP contribution in [-0.2, 0) is 19.4 Å². The topological polar surface area (TPSA) is 42.2 Å². The van der Waals surface area contributed by atoms with E-state index in [4.69, 9.17) is 4.52 Å². The van der Waals surface area contributed by atoms with E-state index in [1.54, 1.807) is 0 Å². The highest BCUT2D eigenvalue weighted by molar-refractivity contribution is 5.30. The van der Waals surface area contributed by atoms with Gasteiger partial charge in [-0.3, -0.25) is 4.90 Å². The number of aromatic nitrogens is 2. The summed E-state index contributed by atoms with van der Waals surface area (Å²) >= 11 is 0. The Morgan fingerprint density at radius 1 is 1.19 bits per heavy atom. The molecule has 4 nitrogen and oxygen atoms in total. The number of hydrogen-bond donors (Lipinski definition) is 0. The van der Waals surface area contributed by atoms with Crippen molar-refractivity contribution in [2.24, 2.45) is 0 Å². The lowest BCUT2D eigenvalue weighted by molar-refractivity contribution is 0.206. The monoisotopic (exact) mass is 283 g/mol. The lowest BCUT2D eigenvalue weighted by Gasteiger charge is -2.31. The summed E-state index contributed by atoms with van der Waals surface area (Å²) in [4.78, 5) is 6.90. The van der Waals surface area contributed by atoms with Crippen molar-refractivity contribution in [3.05, 3.63) is 47.1 Å². The van der Waals surface area contributed by atoms with Gasteiger partial charge in [0.25, 0.3) is 0 Å². The van der Waals surface area contributed by atoms with Crippen LogP contribution in [0, 0.1) is 0 Å². The minimum absolute atomic E-state index is 0.540. The Hall–Kier alpha value is -1.68. The van der Waals surface area contributed by atoms with Crippen molar-refractivity contribution < 1.29 is 4.52 Å². The summed E-state index contributed by atoms with van der Waals surface area (Å²) < 4.78 is 5.35. The molecule has 4 rings (SSSR count). The average Bonchev–Trinajstić information content (AvgIpc) is 3.27. The molecule has 0 radical (unpaired) electrons. The van der Waals surface area contributed by atoms with Gasteiger partial charge in [-0.05, 0) is 50.3 Å². The molecule has 0 aliphatic heterocycles. The molecule has 1 heterocycles. The number of likely N-dealkylation sites (N-methyl/N-ethyl adjacent to an activating group) is 1. The van der Waals surface area contributed by atoms with Crippen LogP contribution in [0.25, 0.3) is 0 Å². The summed E-state index contributed by atoms with van der Waals surface area (Å²) in [6, 6.07) is 9.37. The zero-order valence-electron chi connectivity index (χ0n) is 12.5. The first-order chi connectivity index (χ1) is 10.3. The van der Waals surface area contributed by atoms with Gasteiger partial charge < -0.3 is 4.52 Å². The van der Waals surface area contributed by atoms with Crippen LogP contribution in [0.5, 0.6) is 0 Å². The molecule has 1 unspecified atom stereocenters. The second-order valence-electron chi connectivity index (χ2n) is 6.40. The minimum atomic E-state index is 0.540. The number of benzene rings is 1. The summed E-state index contributed by atoms with van der Waals surface area (Å²) in [7, 11) is 2.17. The van der Waals surface area contributed by atoms with E-state index in [0.29, 0.717) is 12.0 Å². The van der Waals surface area contributed by atoms with Gasteiger partial charge in [0.15, 0.2) is 5.82 Å². The van der Waals surface area contributed by atoms with E-state index >= 15 is 0 Å². The number of aryl methyl sites for hydroxylation is 1. The van der Waals surface area contributed by atoms with Gasteiger partial charge in [0.1, 0.15) is 0 Å². The SMILES string of the molecule is CN(Cc1noc(C2CC2)n1)C1CCc2ccccc2C1. The van der Waals surface area contributed by atoms with E-state index in [-0.39, 0.29) is 0 Å². The molecule has 0 N–H and O–H groups in total. The Balaban J connectivity index is 1.41. The highest BCUT2D eigenvalue weighted by atomic mass is 16.5. The van der Waals surface area contributed by atoms with Crippen LogP contribution in [0.1, 0.15) is 48.0 Å². The standard InChI is InChI=1S/C17H21N3O/c1-20(11-16-18-17(21-19-16)13-6-7-13)15-9-8-12-4-2-3-5-14(12)10-15/h2-5,13,15H,6-11H2,1H3. The van der Waals surface area contributed by atoms with Crippen molar-refractivity contribution >= 4 is 0 Å². The lowest BCUT2D eigenvalue weighted by Crippen LogP contribution is -2.36. The zero-order valence-corrected chi connectivity index (χ0v) is 12.5. The number of hydrogen-bond acceptors (Lipinski definition) is 4. The number of nitrogens with zero attached hydrogens (tertiary/aromatic N) is 3. The molecule has 2 aliphatic rings. The van der Waals surface area contributed by atoms with Crippen molar-refractivity contribution in [2.45, 2.75) is 50.6 Å². The summed E-state index contributed by atoms with van der Waals surface area (Å²) in [5, 5.41) is 4.13. The fourth-order valence-corrected chi connectivity index (χ4v) is 3.23. The molecule has 2 aromatic rings. The molecule has 1 atom stereocenters. The summed E-state index contributed by atoms with van der Waals surface area (Å²) in [6.07, 6.45) is 5.92. The van der Waals surface area contributed by atoms with Crippen molar-refractivity contribution in [1.29, 1.82) is 0 Å². The smallest absolute Gasteiger partial charge is 0.229 e. The third-order valence-electron chi connectivity index (χ3n) is 4.75. The third kappa shape index (κ3) is 2.72. The molecular formula is C17H21N3O. The zero-order chi connectivity index (χ0) is 14.2. The molecule has 110 valence electrons. The molecule has 0 bridgehead atoms. The van der Waals surface area contributed by atoms with Gasteiger partial charge in [0.2, 0.25) is 5.89 Å². The number of rotatable bonds is 4. The molecule has 1 saturated carbocycles. The van der Waals surface area contributed by atoms with E-state index in [1.807, 2.05) is 0 Å². The van der Waals surface area contributed by atoms with Gasteiger partial charge in [-0.1, -0.05) is 29.4 Å². The fourth-order valence-electron chi connectivity index (χ4n) is 3.23. The van der Waals surface area contributed by atoms with E-state index in [2.05, 4.69) is 46.4 Å². The van der Waals surface area contributed by atoms with Crippen LogP contribution in [0.2, 0.25) is 0 Å². The van der Waals surface area contributed by atoms with Crippen molar-refractivity contribution in [2.75, 3.05) is 7.05 Å². The fraction of sp³-hybridized carbons (Fsp3) is 0.529. The Morgan fingerprint density at radius 2 is 2.00 bits per heavy atom. The Bertz CT molecular complexity index is 632. The Morgan fingerprint density at radius 3 is 2.81 bits per heavy atom. The minimum Gasteiger partial charge on any atom is -0.339 e. The first kappa shape index (κ1) is 13.0. The van der Waals surface area contributed by atoms with Crippen LogP contribution in [0.3, 0.4) is 0 Å². The first-order valence-electron chi connectivity index (χ1n) is 7.89. The quantitative estimate of drug-likeness (QED) is 0.865. The molecule has 4 heteroatoms. The van der Waals surface area contributed by atoms with E-state index in [1.165, 1.54) is 36.8 Å². The van der Waals surface area contributed by atoms with Gasteiger partial charge in [0.05, 0.1) is 6.54 Å². The summed E-state index contributed by atoms with van der Waals surface area (Å²) in [5.74, 6) is 2.21. The van der Waals surface area contributed by atoms with E-state index in [0.717, 1.165) is 24.7 Å². The van der Waals surface area contributed by atoms with Gasteiger partial charge >= 0.3 is 0 Å². The predicted octanol–water partition coefficient (Wildman–Crippen LogP) is 2.94. The Labute approximate surface area is 125 Å². The van der Waals surface area contributed by atoms with Crippen LogP contribution < -0.4 is 0 Å². The molecule has 0 saturated heterocycles. The maximum Gasteiger partial charge on any atom is 0.229 e. The lowest BCUT2D eigenvalue weighted by atomic mass is 9.88. The normalized spacial score (nSPS) is 21.5. The van der Waals surface area contributed by atoms with Gasteiger partial charge in [-0.15, -0.1) is 0 Å². The molecule has 2 aliphatic carbocycles. The van der Waals surface area contributed by atoms with Crippen LogP contribution >= 0.6 is 0 Å². The first-order valence-corrected chi connectivity index (χ1v) is 7.89. The Kier molecular flexibility index (Phi) is 3.26. The van der Waals surface area contributed by atoms with Gasteiger partial charge in [0, 0.05) is 12.0 Å². The summed E-state index contributed by atoms with van der Waals surface area (Å²) in [6.45, 7) is 0.781. The maximum atomic E-state index is 5.35. The second-order valence-corrected chi connectivity index (χ2v) is 6.40. The molecular weight excluding hydrogens is 262 g/mol. The molecule has 1 fully saturated rings. The van der Waals surface area contributed by atoms with Crippen molar-refractivity contribution in [3.63, 3.8) is 0 Å². The van der Waals surface area contributed by atoms with E-state index in [9.17, 15) is 0 Å². The predicted molar refractivity (Wildman–Crippen MR) is 80.0 cm³/mol. The second kappa shape index (κ2) is 5.26. The van der Waals surface area contributed by atoms with Gasteiger partial charge in [-0.2, -0.15) is 4.98 Å². The highest BCUT2D eigenvalue weighted by Crippen LogP contribution is 2.38. The number of fused-ring (bicyclic) bond motifs is 1. The van der Waals surface area contributed by atoms with Crippen LogP contribution in [-0.4, -0.2) is 28.1 Å². The average molecular weight is 283 g/mol. The molecule has 1 aromatic carbocycles. The van der Waals surface area contributed by atoms with Crippen molar-refractivity contribution in [1.82, 2.24) is 15.0 Å². The van der Waals surface area contributed by atoms with Gasteiger partial charge in [-0.25, -0.2) is 0 Å². The maximum absolute atomic E-state index is 5.35. The largest absolute Gasteiger partial charge is 0.339 e. The molecule has 1 aromatic heterocycles. The molecule has 21 heavy (non-hydrogen) atoms. The highest BCUT2D eigenvalue weighted by Gasteiger charge is 2.30. The molecule has 0 spiro atoms. The third-order valence-corrected chi connectivity index (χ3v) is 4.75. The van der Waals surface area contributed by atoms with Crippen LogP contribution in [0.4, 0.5) is 0 Å². The van der Waals surface area contributed by atoms with E-state index < -0.39 is 0 Å².